The van der Waals surface area contributed by atoms with E-state index >= 15 is 14.4 Å². The van der Waals surface area contributed by atoms with Gasteiger partial charge in [-0.25, -0.2) is 14.4 Å². The van der Waals surface area contributed by atoms with Crippen molar-refractivity contribution < 1.29 is 66.4 Å². The van der Waals surface area contributed by atoms with E-state index in [1.54, 1.807) is 78.8 Å². The molecule has 0 unspecified atom stereocenters. The van der Waals surface area contributed by atoms with Crippen LogP contribution < -0.4 is 5.32 Å². The van der Waals surface area contributed by atoms with Crippen molar-refractivity contribution in [3.63, 3.8) is 0 Å². The normalized spacial score (nSPS) is 29.6. The van der Waals surface area contributed by atoms with Gasteiger partial charge in [0.25, 0.3) is 0 Å². The minimum Gasteiger partial charge on any atom is -0.456 e. The number of fused-ring (bicyclic) bond motifs is 5. The van der Waals surface area contributed by atoms with E-state index in [1.165, 1.54) is 6.92 Å². The molecule has 5 rings (SSSR count). The van der Waals surface area contributed by atoms with Crippen molar-refractivity contribution in [2.24, 2.45) is 22.7 Å². The highest BCUT2D eigenvalue weighted by molar-refractivity contribution is 6.74. The van der Waals surface area contributed by atoms with Crippen LogP contribution in [0.1, 0.15) is 140 Å². The Morgan fingerprint density at radius 2 is 1.46 bits per heavy atom. The van der Waals surface area contributed by atoms with Gasteiger partial charge in [0, 0.05) is 30.8 Å². The van der Waals surface area contributed by atoms with Crippen molar-refractivity contribution in [3.8, 4) is 0 Å². The number of rotatable bonds is 19. The van der Waals surface area contributed by atoms with Crippen LogP contribution in [-0.4, -0.2) is 117 Å². The van der Waals surface area contributed by atoms with Gasteiger partial charge in [-0.1, -0.05) is 87.4 Å². The maximum atomic E-state index is 15.9. The lowest BCUT2D eigenvalue weighted by Crippen LogP contribution is -2.82. The number of carbonyl (C=O) groups is 6. The van der Waals surface area contributed by atoms with Crippen LogP contribution in [0.5, 0.6) is 0 Å². The van der Waals surface area contributed by atoms with Gasteiger partial charge < -0.3 is 43.0 Å². The van der Waals surface area contributed by atoms with Crippen LogP contribution in [0.2, 0.25) is 36.3 Å². The van der Waals surface area contributed by atoms with Crippen molar-refractivity contribution in [1.82, 2.24) is 5.32 Å². The topological polar surface area (TPSA) is 199 Å². The van der Waals surface area contributed by atoms with E-state index < -0.39 is 129 Å². The molecule has 1 aliphatic heterocycles. The second-order valence-corrected chi connectivity index (χ2v) is 31.9. The number of amides is 1. The summed E-state index contributed by atoms with van der Waals surface area (Å²) in [5.41, 5.74) is -8.10. The predicted octanol–water partition coefficient (Wildman–Crippen LogP) is 9.20. The molecule has 17 heteroatoms. The first-order valence-corrected chi connectivity index (χ1v) is 30.8. The first kappa shape index (κ1) is 57.2. The second-order valence-electron chi connectivity index (χ2n) is 22.4. The average molecular weight is 1010 g/mol. The molecule has 2 N–H and O–H groups in total. The third-order valence-electron chi connectivity index (χ3n) is 16.6. The lowest BCUT2D eigenvalue weighted by molar-refractivity contribution is -0.342. The number of hydrogen-bond donors (Lipinski definition) is 2. The molecule has 1 saturated heterocycles. The van der Waals surface area contributed by atoms with Gasteiger partial charge in [-0.05, 0) is 101 Å². The molecule has 4 aliphatic rings. The lowest BCUT2D eigenvalue weighted by atomic mass is 9.45. The van der Waals surface area contributed by atoms with E-state index in [1.807, 2.05) is 34.6 Å². The standard InChI is InChI=1S/C53H83NO14Si2/c1-17-69(18-2,19-3)67-38-29-39-52(31-62-39,65-34(10)55)43-45(64-46(58)35-26-24-23-25-27-35)53(61)30-37(33(9)40(50(53,14)15)41(56)44(57)51(38,43)16)63-47(59)42(68-70(20-4,21-5)22-6)36(28-32(7)8)54-48(60)66-49(11,12)13/h23-27,32,36-39,42-43,45,61H,17-22,28-31H2,1-16H3,(H,54,60)/t36-,37-,38-,39+,42+,43-,45-,51+,52-,53+/m0/s1. The monoisotopic (exact) mass is 1010 g/mol. The predicted molar refractivity (Wildman–Crippen MR) is 269 cm³/mol. The Bertz CT molecular complexity index is 2130. The van der Waals surface area contributed by atoms with Crippen molar-refractivity contribution in [2.45, 2.75) is 220 Å². The number of carbonyl (C=O) groups excluding carboxylic acids is 6. The quantitative estimate of drug-likeness (QED) is 0.0575. The first-order chi connectivity index (χ1) is 32.5. The van der Waals surface area contributed by atoms with Crippen molar-refractivity contribution in [1.29, 1.82) is 0 Å². The lowest BCUT2D eigenvalue weighted by Gasteiger charge is -2.67. The maximum Gasteiger partial charge on any atom is 0.407 e. The summed E-state index contributed by atoms with van der Waals surface area (Å²) >= 11 is 0. The van der Waals surface area contributed by atoms with Gasteiger partial charge in [-0.3, -0.25) is 14.4 Å². The fourth-order valence-corrected chi connectivity index (χ4v) is 17.7. The Kier molecular flexibility index (Phi) is 17.5. The zero-order valence-electron chi connectivity index (χ0n) is 44.8. The summed E-state index contributed by atoms with van der Waals surface area (Å²) in [5.74, 6) is -5.63. The summed E-state index contributed by atoms with van der Waals surface area (Å²) in [6.45, 7) is 28.8. The Morgan fingerprint density at radius 1 is 0.886 bits per heavy atom. The van der Waals surface area contributed by atoms with E-state index in [0.717, 1.165) is 0 Å². The molecule has 1 heterocycles. The van der Waals surface area contributed by atoms with Crippen LogP contribution in [0.4, 0.5) is 4.79 Å². The molecular weight excluding hydrogens is 931 g/mol. The number of Topliss-reactive ketones (excluding diaryl/α,β-unsaturated/α-hetero) is 2. The smallest absolute Gasteiger partial charge is 0.407 e. The van der Waals surface area contributed by atoms with Gasteiger partial charge in [0.2, 0.25) is 11.6 Å². The minimum absolute atomic E-state index is 0.0311. The fourth-order valence-electron chi connectivity index (χ4n) is 12.0. The molecule has 2 bridgehead atoms. The molecule has 10 atom stereocenters. The molecule has 1 aromatic carbocycles. The number of benzene rings is 1. The maximum absolute atomic E-state index is 15.9. The number of esters is 3. The fraction of sp³-hybridized carbons (Fsp3) is 0.736. The molecule has 392 valence electrons. The molecule has 3 aliphatic carbocycles. The van der Waals surface area contributed by atoms with Crippen LogP contribution >= 0.6 is 0 Å². The van der Waals surface area contributed by atoms with Gasteiger partial charge in [-0.2, -0.15) is 0 Å². The van der Waals surface area contributed by atoms with Crippen LogP contribution in [0.25, 0.3) is 0 Å². The third kappa shape index (κ3) is 10.5. The highest BCUT2D eigenvalue weighted by Gasteiger charge is 2.78. The van der Waals surface area contributed by atoms with E-state index in [9.17, 15) is 19.5 Å². The number of nitrogens with one attached hydrogen (secondary N) is 1. The number of ketones is 2. The summed E-state index contributed by atoms with van der Waals surface area (Å²) in [6.07, 6.45) is -7.09. The van der Waals surface area contributed by atoms with Crippen molar-refractivity contribution in [2.75, 3.05) is 6.61 Å². The SMILES string of the molecule is CC[Si](CC)(CC)O[C@H]1C[C@H]2OC[C@@]2(OC(C)=O)[C@H]2[C@H](OC(=O)c3ccccc3)[C@]3(O)C[C@H](OC(=O)[C@H](O[Si](CC)(CC)CC)[C@H](CC(C)C)NC(=O)OC(C)(C)C)C(C)=C(C(=O)C(=O)[C@]12C)C3(C)C. The summed E-state index contributed by atoms with van der Waals surface area (Å²) in [7, 11) is -5.26. The summed E-state index contributed by atoms with van der Waals surface area (Å²) in [6, 6.07) is 11.4. The van der Waals surface area contributed by atoms with Gasteiger partial charge in [0.05, 0.1) is 35.6 Å². The van der Waals surface area contributed by atoms with Crippen LogP contribution in [-0.2, 0) is 51.7 Å². The largest absolute Gasteiger partial charge is 0.456 e. The van der Waals surface area contributed by atoms with E-state index in [0.29, 0.717) is 42.7 Å². The van der Waals surface area contributed by atoms with Crippen molar-refractivity contribution in [3.05, 3.63) is 47.0 Å². The molecule has 0 radical (unpaired) electrons. The Hall–Kier alpha value is -3.75. The number of ether oxygens (including phenoxy) is 5. The Morgan fingerprint density at radius 3 is 1.94 bits per heavy atom. The highest BCUT2D eigenvalue weighted by atomic mass is 28.4. The average Bonchev–Trinajstić information content (AvgIpc) is 3.28. The summed E-state index contributed by atoms with van der Waals surface area (Å²) in [5, 5.41) is 17.0. The van der Waals surface area contributed by atoms with Crippen LogP contribution in [0.15, 0.2) is 41.5 Å². The molecule has 3 fully saturated rings. The molecule has 15 nitrogen and oxygen atoms in total. The van der Waals surface area contributed by atoms with Gasteiger partial charge in [-0.15, -0.1) is 0 Å². The van der Waals surface area contributed by atoms with Crippen LogP contribution in [0, 0.1) is 22.7 Å². The molecule has 2 saturated carbocycles. The zero-order chi connectivity index (χ0) is 52.6. The molecule has 0 aromatic heterocycles. The number of hydrogen-bond acceptors (Lipinski definition) is 14. The molecule has 1 amide bonds. The van der Waals surface area contributed by atoms with Crippen LogP contribution in [0.3, 0.4) is 0 Å². The highest BCUT2D eigenvalue weighted by Crippen LogP contribution is 2.64. The summed E-state index contributed by atoms with van der Waals surface area (Å²) in [4.78, 5) is 88.4. The van der Waals surface area contributed by atoms with Gasteiger partial charge in [0.1, 0.15) is 29.5 Å². The molecule has 70 heavy (non-hydrogen) atoms. The minimum atomic E-state index is -2.66. The van der Waals surface area contributed by atoms with Crippen molar-refractivity contribution >= 4 is 52.2 Å². The molecular formula is C53H83NO14Si2. The zero-order valence-corrected chi connectivity index (χ0v) is 46.8. The second kappa shape index (κ2) is 21.4. The van der Waals surface area contributed by atoms with E-state index in [2.05, 4.69) is 26.1 Å². The van der Waals surface area contributed by atoms with E-state index in [-0.39, 0.29) is 35.7 Å². The summed E-state index contributed by atoms with van der Waals surface area (Å²) < 4.78 is 45.7. The van der Waals surface area contributed by atoms with Gasteiger partial charge in [0.15, 0.2) is 28.3 Å². The number of alkyl carbamates (subject to hydrolysis) is 1. The Labute approximate surface area is 418 Å². The third-order valence-corrected chi connectivity index (χ3v) is 25.9. The van der Waals surface area contributed by atoms with E-state index in [4.69, 9.17) is 32.5 Å². The number of aliphatic hydroxyl groups is 1. The first-order valence-electron chi connectivity index (χ1n) is 25.7. The van der Waals surface area contributed by atoms with Gasteiger partial charge >= 0.3 is 24.0 Å². The molecule has 0 spiro atoms. The molecule has 1 aromatic rings. The Balaban J connectivity index is 1.80.